The first kappa shape index (κ1) is 15.9. The molecular weight excluding hydrogens is 340 g/mol. The lowest BCUT2D eigenvalue weighted by Crippen LogP contribution is -2.40. The van der Waals surface area contributed by atoms with Gasteiger partial charge in [0, 0.05) is 36.0 Å². The maximum absolute atomic E-state index is 12.3. The first-order valence-electron chi connectivity index (χ1n) is 8.01. The summed E-state index contributed by atoms with van der Waals surface area (Å²) in [5, 5.41) is 10.6. The molecule has 9 heteroatoms. The Morgan fingerprint density at radius 3 is 3.08 bits per heavy atom. The molecule has 3 aromatic heterocycles. The summed E-state index contributed by atoms with van der Waals surface area (Å²) in [5.74, 6) is -0.524. The van der Waals surface area contributed by atoms with E-state index in [-0.39, 0.29) is 5.92 Å². The zero-order chi connectivity index (χ0) is 17.4. The van der Waals surface area contributed by atoms with Crippen LogP contribution in [0.5, 0.6) is 0 Å². The van der Waals surface area contributed by atoms with Gasteiger partial charge in [0.25, 0.3) is 0 Å². The lowest BCUT2D eigenvalue weighted by atomic mass is 9.93. The number of aromatic nitrogens is 4. The molecule has 128 valence electrons. The highest BCUT2D eigenvalue weighted by Crippen LogP contribution is 2.33. The summed E-state index contributed by atoms with van der Waals surface area (Å²) in [6.07, 6.45) is 6.60. The minimum absolute atomic E-state index is 0.0341. The molecule has 1 aliphatic rings. The van der Waals surface area contributed by atoms with Crippen LogP contribution in [0.1, 0.15) is 24.5 Å². The van der Waals surface area contributed by atoms with Gasteiger partial charge in [0.2, 0.25) is 10.0 Å². The Hall–Kier alpha value is -2.57. The van der Waals surface area contributed by atoms with Crippen molar-refractivity contribution in [3.05, 3.63) is 30.5 Å². The number of sulfonamides is 1. The number of nitrogens with one attached hydrogen (secondary N) is 1. The minimum Gasteiger partial charge on any atom is -0.346 e. The van der Waals surface area contributed by atoms with E-state index in [0.717, 1.165) is 40.5 Å². The number of rotatable bonds is 3. The van der Waals surface area contributed by atoms with Crippen LogP contribution in [-0.4, -0.2) is 51.5 Å². The molecule has 4 heterocycles. The molecule has 0 aromatic carbocycles. The first-order valence-corrected chi connectivity index (χ1v) is 9.62. The van der Waals surface area contributed by atoms with Gasteiger partial charge in [0.1, 0.15) is 12.0 Å². The molecular formula is C16H16N6O2S. The third-order valence-electron chi connectivity index (χ3n) is 4.63. The van der Waals surface area contributed by atoms with E-state index in [0.29, 0.717) is 13.1 Å². The maximum atomic E-state index is 12.3. The topological polar surface area (TPSA) is 116 Å². The minimum atomic E-state index is -3.55. The molecule has 4 rings (SSSR count). The van der Waals surface area contributed by atoms with Gasteiger partial charge in [-0.05, 0) is 18.9 Å². The van der Waals surface area contributed by atoms with E-state index >= 15 is 0 Å². The van der Waals surface area contributed by atoms with Crippen LogP contribution in [0.15, 0.2) is 24.8 Å². The molecule has 1 aliphatic heterocycles. The lowest BCUT2D eigenvalue weighted by molar-refractivity contribution is 0.314. The van der Waals surface area contributed by atoms with Crippen LogP contribution in [0.3, 0.4) is 0 Å². The average Bonchev–Trinajstić information content (AvgIpc) is 3.10. The van der Waals surface area contributed by atoms with Gasteiger partial charge >= 0.3 is 0 Å². The Morgan fingerprint density at radius 2 is 2.24 bits per heavy atom. The van der Waals surface area contributed by atoms with Crippen molar-refractivity contribution in [2.24, 2.45) is 0 Å². The lowest BCUT2D eigenvalue weighted by Gasteiger charge is -2.31. The van der Waals surface area contributed by atoms with Crippen LogP contribution in [0, 0.1) is 11.3 Å². The Morgan fingerprint density at radius 1 is 1.36 bits per heavy atom. The van der Waals surface area contributed by atoms with Gasteiger partial charge in [-0.3, -0.25) is 0 Å². The van der Waals surface area contributed by atoms with Gasteiger partial charge in [0.05, 0.1) is 23.5 Å². The summed E-state index contributed by atoms with van der Waals surface area (Å²) in [6, 6.07) is 3.68. The van der Waals surface area contributed by atoms with Gasteiger partial charge in [0.15, 0.2) is 5.75 Å². The van der Waals surface area contributed by atoms with Crippen molar-refractivity contribution in [3.8, 4) is 6.07 Å². The van der Waals surface area contributed by atoms with Crippen molar-refractivity contribution in [2.45, 2.75) is 18.8 Å². The molecule has 1 N–H and O–H groups in total. The van der Waals surface area contributed by atoms with Gasteiger partial charge in [-0.25, -0.2) is 27.7 Å². The number of pyridine rings is 1. The molecule has 0 amide bonds. The molecule has 3 aromatic rings. The van der Waals surface area contributed by atoms with E-state index in [1.807, 2.05) is 12.3 Å². The summed E-state index contributed by atoms with van der Waals surface area (Å²) in [7, 11) is -3.55. The Labute approximate surface area is 144 Å². The molecule has 1 fully saturated rings. The number of nitrogens with zero attached hydrogens (tertiary/aromatic N) is 5. The number of H-pyrrole nitrogens is 1. The van der Waals surface area contributed by atoms with Crippen LogP contribution >= 0.6 is 0 Å². The molecule has 0 saturated carbocycles. The SMILES string of the molecule is N#CCS(=O)(=O)N1CCCC(c2ncnc3cnc4[nH]ccc4c23)C1. The molecule has 1 atom stereocenters. The second-order valence-corrected chi connectivity index (χ2v) is 8.10. The Bertz CT molecular complexity index is 1080. The van der Waals surface area contributed by atoms with Gasteiger partial charge < -0.3 is 4.98 Å². The molecule has 25 heavy (non-hydrogen) atoms. The Kier molecular flexibility index (Phi) is 3.86. The van der Waals surface area contributed by atoms with E-state index in [2.05, 4.69) is 19.9 Å². The van der Waals surface area contributed by atoms with Gasteiger partial charge in [-0.1, -0.05) is 0 Å². The highest BCUT2D eigenvalue weighted by atomic mass is 32.2. The molecule has 0 spiro atoms. The summed E-state index contributed by atoms with van der Waals surface area (Å²) in [5.41, 5.74) is 2.34. The highest BCUT2D eigenvalue weighted by molar-refractivity contribution is 7.89. The fourth-order valence-corrected chi connectivity index (χ4v) is 4.64. The monoisotopic (exact) mass is 356 g/mol. The number of aromatic amines is 1. The fourth-order valence-electron chi connectivity index (χ4n) is 3.48. The third kappa shape index (κ3) is 2.73. The van der Waals surface area contributed by atoms with Crippen molar-refractivity contribution in [1.29, 1.82) is 5.26 Å². The number of fused-ring (bicyclic) bond motifs is 3. The van der Waals surface area contributed by atoms with Crippen LogP contribution in [0.2, 0.25) is 0 Å². The third-order valence-corrected chi connectivity index (χ3v) is 6.24. The standard InChI is InChI=1S/C16H16N6O2S/c17-4-7-25(23,24)22-6-1-2-11(9-22)15-14-12-3-5-18-16(12)19-8-13(14)20-10-21-15/h3,5,8,10-11H,1-2,6-7,9H2,(H,18,19). The molecule has 0 aliphatic carbocycles. The number of hydrogen-bond donors (Lipinski definition) is 1. The predicted molar refractivity (Wildman–Crippen MR) is 92.1 cm³/mol. The van der Waals surface area contributed by atoms with Crippen LogP contribution in [0.25, 0.3) is 21.9 Å². The molecule has 0 radical (unpaired) electrons. The molecule has 0 bridgehead atoms. The number of piperidine rings is 1. The largest absolute Gasteiger partial charge is 0.346 e. The number of nitriles is 1. The summed E-state index contributed by atoms with van der Waals surface area (Å²) in [4.78, 5) is 16.2. The average molecular weight is 356 g/mol. The van der Waals surface area contributed by atoms with Crippen LogP contribution in [-0.2, 0) is 10.0 Å². The van der Waals surface area contributed by atoms with Crippen LogP contribution < -0.4 is 0 Å². The number of hydrogen-bond acceptors (Lipinski definition) is 6. The highest BCUT2D eigenvalue weighted by Gasteiger charge is 2.31. The van der Waals surface area contributed by atoms with E-state index in [4.69, 9.17) is 5.26 Å². The smallest absolute Gasteiger partial charge is 0.227 e. The summed E-state index contributed by atoms with van der Waals surface area (Å²) in [6.45, 7) is 0.787. The van der Waals surface area contributed by atoms with E-state index < -0.39 is 15.8 Å². The Balaban J connectivity index is 1.79. The van der Waals surface area contributed by atoms with E-state index in [1.165, 1.54) is 10.6 Å². The molecule has 8 nitrogen and oxygen atoms in total. The molecule has 1 unspecified atom stereocenters. The second kappa shape index (κ2) is 6.06. The van der Waals surface area contributed by atoms with Crippen LogP contribution in [0.4, 0.5) is 0 Å². The summed E-state index contributed by atoms with van der Waals surface area (Å²) < 4.78 is 25.9. The maximum Gasteiger partial charge on any atom is 0.227 e. The zero-order valence-corrected chi connectivity index (χ0v) is 14.2. The predicted octanol–water partition coefficient (Wildman–Crippen LogP) is 1.54. The molecule has 1 saturated heterocycles. The summed E-state index contributed by atoms with van der Waals surface area (Å²) >= 11 is 0. The normalized spacial score (nSPS) is 19.2. The van der Waals surface area contributed by atoms with E-state index in [9.17, 15) is 8.42 Å². The van der Waals surface area contributed by atoms with Gasteiger partial charge in [-0.15, -0.1) is 0 Å². The quantitative estimate of drug-likeness (QED) is 0.761. The fraction of sp³-hybridized carbons (Fsp3) is 0.375. The van der Waals surface area contributed by atoms with Crippen molar-refractivity contribution < 1.29 is 8.42 Å². The van der Waals surface area contributed by atoms with E-state index in [1.54, 1.807) is 12.3 Å². The van der Waals surface area contributed by atoms with Crippen molar-refractivity contribution in [1.82, 2.24) is 24.2 Å². The zero-order valence-electron chi connectivity index (χ0n) is 13.4. The van der Waals surface area contributed by atoms with Gasteiger partial charge in [-0.2, -0.15) is 5.26 Å². The first-order chi connectivity index (χ1) is 12.1. The van der Waals surface area contributed by atoms with Crippen molar-refractivity contribution in [2.75, 3.05) is 18.8 Å². The van der Waals surface area contributed by atoms with Crippen molar-refractivity contribution in [3.63, 3.8) is 0 Å². The van der Waals surface area contributed by atoms with Crippen molar-refractivity contribution >= 4 is 32.0 Å². The second-order valence-electron chi connectivity index (χ2n) is 6.13.